The monoisotopic (exact) mass is 291 g/mol. The minimum absolute atomic E-state index is 0.370. The Balaban J connectivity index is 2.31. The van der Waals surface area contributed by atoms with Crippen LogP contribution < -0.4 is 0 Å². The second-order valence-electron chi connectivity index (χ2n) is 5.22. The lowest BCUT2D eigenvalue weighted by Crippen LogP contribution is -2.07. The van der Waals surface area contributed by atoms with E-state index in [-0.39, 0.29) is 5.97 Å². The molecule has 20 heavy (non-hydrogen) atoms. The summed E-state index contributed by atoms with van der Waals surface area (Å²) in [5.41, 5.74) is 4.39. The van der Waals surface area contributed by atoms with Crippen LogP contribution in [0.5, 0.6) is 0 Å². The Hall–Kier alpha value is -1.48. The lowest BCUT2D eigenvalue weighted by Gasteiger charge is -2.14. The van der Waals surface area contributed by atoms with Gasteiger partial charge >= 0.3 is 5.97 Å². The Morgan fingerprint density at radius 1 is 1.35 bits per heavy atom. The van der Waals surface area contributed by atoms with Crippen molar-refractivity contribution in [2.45, 2.75) is 39.2 Å². The van der Waals surface area contributed by atoms with Gasteiger partial charge in [-0.1, -0.05) is 11.6 Å². The number of carbonyl (C=O) groups excluding carboxylic acids is 1. The molecule has 0 amide bonds. The van der Waals surface area contributed by atoms with Crippen molar-refractivity contribution in [2.24, 2.45) is 0 Å². The van der Waals surface area contributed by atoms with Gasteiger partial charge in [0.15, 0.2) is 0 Å². The molecule has 0 fully saturated rings. The highest BCUT2D eigenvalue weighted by Crippen LogP contribution is 2.35. The molecular weight excluding hydrogens is 274 g/mol. The van der Waals surface area contributed by atoms with Gasteiger partial charge in [-0.15, -0.1) is 0 Å². The molecular formula is C16H18ClNO2. The summed E-state index contributed by atoms with van der Waals surface area (Å²) < 4.78 is 7.14. The molecule has 3 rings (SSSR count). The molecule has 1 aromatic carbocycles. The summed E-state index contributed by atoms with van der Waals surface area (Å²) in [6, 6.07) is 3.81. The number of fused-ring (bicyclic) bond motifs is 3. The third-order valence-electron chi connectivity index (χ3n) is 4.19. The van der Waals surface area contributed by atoms with E-state index in [2.05, 4.69) is 11.5 Å². The van der Waals surface area contributed by atoms with Crippen molar-refractivity contribution in [1.82, 2.24) is 4.57 Å². The van der Waals surface area contributed by atoms with Gasteiger partial charge in [-0.2, -0.15) is 0 Å². The predicted octanol–water partition coefficient (Wildman–Crippen LogP) is 3.98. The van der Waals surface area contributed by atoms with Crippen LogP contribution in [-0.4, -0.2) is 17.6 Å². The third kappa shape index (κ3) is 1.92. The van der Waals surface area contributed by atoms with E-state index in [1.54, 1.807) is 0 Å². The third-order valence-corrected chi connectivity index (χ3v) is 4.50. The Kier molecular flexibility index (Phi) is 3.47. The van der Waals surface area contributed by atoms with Gasteiger partial charge in [0.1, 0.15) is 0 Å². The summed E-state index contributed by atoms with van der Waals surface area (Å²) in [6.07, 6.45) is 4.65. The lowest BCUT2D eigenvalue weighted by atomic mass is 9.95. The molecule has 0 spiro atoms. The molecule has 0 radical (unpaired) electrons. The van der Waals surface area contributed by atoms with Crippen molar-refractivity contribution in [3.05, 3.63) is 34.0 Å². The highest BCUT2D eigenvalue weighted by Gasteiger charge is 2.22. The molecule has 1 aromatic heterocycles. The second-order valence-corrected chi connectivity index (χ2v) is 5.62. The summed E-state index contributed by atoms with van der Waals surface area (Å²) in [5.74, 6) is -0.370. The number of aromatic nitrogens is 1. The van der Waals surface area contributed by atoms with Crippen LogP contribution in [0.3, 0.4) is 0 Å². The van der Waals surface area contributed by atoms with Crippen molar-refractivity contribution in [2.75, 3.05) is 7.11 Å². The topological polar surface area (TPSA) is 31.2 Å². The van der Waals surface area contributed by atoms with E-state index >= 15 is 0 Å². The quantitative estimate of drug-likeness (QED) is 0.784. The molecule has 1 heterocycles. The smallest absolute Gasteiger partial charge is 0.339 e. The molecule has 0 aliphatic heterocycles. The zero-order valence-electron chi connectivity index (χ0n) is 11.8. The van der Waals surface area contributed by atoms with E-state index in [1.165, 1.54) is 31.2 Å². The van der Waals surface area contributed by atoms with Gasteiger partial charge in [0.25, 0.3) is 0 Å². The molecule has 2 aromatic rings. The molecule has 0 saturated carbocycles. The van der Waals surface area contributed by atoms with E-state index in [9.17, 15) is 4.79 Å². The summed E-state index contributed by atoms with van der Waals surface area (Å²) in [6.45, 7) is 3.08. The Morgan fingerprint density at radius 2 is 2.10 bits per heavy atom. The maximum atomic E-state index is 11.8. The Morgan fingerprint density at radius 3 is 2.80 bits per heavy atom. The normalized spacial score (nSPS) is 14.3. The summed E-state index contributed by atoms with van der Waals surface area (Å²) in [7, 11) is 1.38. The van der Waals surface area contributed by atoms with Crippen LogP contribution in [0.2, 0.25) is 5.02 Å². The summed E-state index contributed by atoms with van der Waals surface area (Å²) >= 11 is 6.26. The maximum Gasteiger partial charge on any atom is 0.339 e. The first kappa shape index (κ1) is 13.5. The van der Waals surface area contributed by atoms with Crippen LogP contribution in [0.25, 0.3) is 10.9 Å². The predicted molar refractivity (Wildman–Crippen MR) is 80.6 cm³/mol. The molecule has 4 heteroatoms. The fourth-order valence-corrected chi connectivity index (χ4v) is 3.51. The fourth-order valence-electron chi connectivity index (χ4n) is 3.28. The van der Waals surface area contributed by atoms with Crippen molar-refractivity contribution < 1.29 is 9.53 Å². The van der Waals surface area contributed by atoms with Gasteiger partial charge in [-0.25, -0.2) is 4.79 Å². The number of hydrogen-bond acceptors (Lipinski definition) is 2. The van der Waals surface area contributed by atoms with Gasteiger partial charge in [0.2, 0.25) is 0 Å². The molecule has 106 valence electrons. The van der Waals surface area contributed by atoms with Gasteiger partial charge in [0, 0.05) is 17.6 Å². The number of benzene rings is 1. The minimum Gasteiger partial charge on any atom is -0.465 e. The maximum absolute atomic E-state index is 11.8. The highest BCUT2D eigenvalue weighted by molar-refractivity contribution is 6.34. The van der Waals surface area contributed by atoms with Crippen LogP contribution in [0, 0.1) is 0 Å². The van der Waals surface area contributed by atoms with Crippen molar-refractivity contribution >= 4 is 28.5 Å². The van der Waals surface area contributed by atoms with Gasteiger partial charge < -0.3 is 9.30 Å². The first-order valence-corrected chi connectivity index (χ1v) is 7.47. The number of carbonyl (C=O) groups is 1. The number of halogens is 1. The summed E-state index contributed by atoms with van der Waals surface area (Å²) in [4.78, 5) is 11.8. The van der Waals surface area contributed by atoms with Crippen LogP contribution in [0.4, 0.5) is 0 Å². The van der Waals surface area contributed by atoms with Crippen molar-refractivity contribution in [3.8, 4) is 0 Å². The average molecular weight is 292 g/mol. The zero-order valence-corrected chi connectivity index (χ0v) is 12.6. The van der Waals surface area contributed by atoms with E-state index in [1.807, 2.05) is 12.1 Å². The standard InChI is InChI=1S/C16H18ClNO2/c1-3-18-14-7-5-4-6-10(14)11-8-12(16(19)20-2)13(17)9-15(11)18/h8-9H,3-7H2,1-2H3. The average Bonchev–Trinajstić information content (AvgIpc) is 2.78. The first-order valence-electron chi connectivity index (χ1n) is 7.09. The summed E-state index contributed by atoms with van der Waals surface area (Å²) in [5, 5.41) is 1.63. The van der Waals surface area contributed by atoms with Crippen LogP contribution in [0.15, 0.2) is 12.1 Å². The van der Waals surface area contributed by atoms with Crippen molar-refractivity contribution in [1.29, 1.82) is 0 Å². The molecule has 0 N–H and O–H groups in total. The fraction of sp³-hybridized carbons (Fsp3) is 0.438. The van der Waals surface area contributed by atoms with Crippen LogP contribution in [-0.2, 0) is 24.1 Å². The number of hydrogen-bond donors (Lipinski definition) is 0. The zero-order chi connectivity index (χ0) is 14.3. The number of methoxy groups -OCH3 is 1. The SMILES string of the molecule is CCn1c2c(c3cc(C(=O)OC)c(Cl)cc31)CCCC2. The molecule has 1 aliphatic rings. The number of aryl methyl sites for hydroxylation is 2. The molecule has 1 aliphatic carbocycles. The van der Waals surface area contributed by atoms with Crippen molar-refractivity contribution in [3.63, 3.8) is 0 Å². The largest absolute Gasteiger partial charge is 0.465 e. The number of esters is 1. The van der Waals surface area contributed by atoms with E-state index in [4.69, 9.17) is 16.3 Å². The minimum atomic E-state index is -0.370. The molecule has 0 saturated heterocycles. The lowest BCUT2D eigenvalue weighted by molar-refractivity contribution is 0.0601. The van der Waals surface area contributed by atoms with Gasteiger partial charge in [-0.3, -0.25) is 0 Å². The Labute approximate surface area is 123 Å². The highest BCUT2D eigenvalue weighted by atomic mass is 35.5. The van der Waals surface area contributed by atoms with Gasteiger partial charge in [-0.05, 0) is 50.3 Å². The second kappa shape index (κ2) is 5.13. The van der Waals surface area contributed by atoms with E-state index in [0.29, 0.717) is 10.6 Å². The number of rotatable bonds is 2. The number of nitrogens with zero attached hydrogens (tertiary/aromatic N) is 1. The van der Waals surface area contributed by atoms with E-state index in [0.717, 1.165) is 30.3 Å². The molecule has 3 nitrogen and oxygen atoms in total. The van der Waals surface area contributed by atoms with Crippen LogP contribution in [0.1, 0.15) is 41.4 Å². The molecule has 0 atom stereocenters. The van der Waals surface area contributed by atoms with Crippen LogP contribution >= 0.6 is 11.6 Å². The molecule has 0 bridgehead atoms. The van der Waals surface area contributed by atoms with E-state index < -0.39 is 0 Å². The molecule has 0 unspecified atom stereocenters. The van der Waals surface area contributed by atoms with Gasteiger partial charge in [0.05, 0.1) is 23.2 Å². The number of ether oxygens (including phenoxy) is 1. The Bertz CT molecular complexity index is 688. The first-order chi connectivity index (χ1) is 9.67.